The number of benzene rings is 3. The molecule has 0 aromatic heterocycles. The zero-order valence-electron chi connectivity index (χ0n) is 18.3. The molecule has 4 rings (SSSR count). The Morgan fingerprint density at radius 3 is 2.56 bits per heavy atom. The van der Waals surface area contributed by atoms with Crippen molar-refractivity contribution in [2.24, 2.45) is 0 Å². The van der Waals surface area contributed by atoms with E-state index in [0.717, 1.165) is 28.8 Å². The van der Waals surface area contributed by atoms with E-state index < -0.39 is 0 Å². The van der Waals surface area contributed by atoms with E-state index in [1.54, 1.807) is 0 Å². The quantitative estimate of drug-likeness (QED) is 0.364. The number of hydrogen-bond acceptors (Lipinski definition) is 3. The first-order chi connectivity index (χ1) is 15.6. The summed E-state index contributed by atoms with van der Waals surface area (Å²) in [6.07, 6.45) is 2.83. The molecule has 3 aromatic rings. The topological polar surface area (TPSA) is 38.8 Å². The van der Waals surface area contributed by atoms with E-state index in [1.807, 2.05) is 84.6 Å². The van der Waals surface area contributed by atoms with Gasteiger partial charge in [-0.1, -0.05) is 54.9 Å². The highest BCUT2D eigenvalue weighted by atomic mass is 35.5. The van der Waals surface area contributed by atoms with Crippen LogP contribution in [-0.2, 0) is 11.4 Å². The number of carbonyl (C=O) groups excluding carboxylic acids is 1. The summed E-state index contributed by atoms with van der Waals surface area (Å²) in [5, 5.41) is 0.678. The lowest BCUT2D eigenvalue weighted by atomic mass is 10.0. The van der Waals surface area contributed by atoms with Gasteiger partial charge in [-0.25, -0.2) is 0 Å². The number of ether oxygens (including phenoxy) is 2. The molecule has 4 nitrogen and oxygen atoms in total. The van der Waals surface area contributed by atoms with Gasteiger partial charge < -0.3 is 14.4 Å². The van der Waals surface area contributed by atoms with Crippen molar-refractivity contribution in [3.05, 3.63) is 88.4 Å². The highest BCUT2D eigenvalue weighted by Crippen LogP contribution is 2.38. The standard InChI is InChI=1S/C27H26ClNO3/c1-3-14-29-24-11-6-5-10-22(24)23(27(29)30)16-19-12-13-25(26(17-19)31-4-2)32-18-20-8-7-9-21(28)15-20/h5-13,15-17H,3-4,14,18H2,1-2H3/b23-16-. The summed E-state index contributed by atoms with van der Waals surface area (Å²) in [5.74, 6) is 1.33. The Kier molecular flexibility index (Phi) is 6.81. The van der Waals surface area contributed by atoms with E-state index in [1.165, 1.54) is 0 Å². The molecule has 0 radical (unpaired) electrons. The minimum absolute atomic E-state index is 0.0345. The van der Waals surface area contributed by atoms with Crippen LogP contribution in [0.4, 0.5) is 5.69 Å². The zero-order chi connectivity index (χ0) is 22.5. The second-order valence-electron chi connectivity index (χ2n) is 7.59. The van der Waals surface area contributed by atoms with Gasteiger partial charge in [0.25, 0.3) is 5.91 Å². The molecule has 1 heterocycles. The number of anilines is 1. The van der Waals surface area contributed by atoms with Gasteiger partial charge in [0, 0.05) is 22.7 Å². The lowest BCUT2D eigenvalue weighted by Crippen LogP contribution is -2.26. The molecule has 5 heteroatoms. The Labute approximate surface area is 194 Å². The second-order valence-corrected chi connectivity index (χ2v) is 8.03. The third-order valence-electron chi connectivity index (χ3n) is 5.27. The number of para-hydroxylation sites is 1. The zero-order valence-corrected chi connectivity index (χ0v) is 19.1. The Morgan fingerprint density at radius 1 is 0.938 bits per heavy atom. The molecule has 0 bridgehead atoms. The Balaban J connectivity index is 1.62. The molecule has 0 aliphatic carbocycles. The largest absolute Gasteiger partial charge is 0.490 e. The monoisotopic (exact) mass is 447 g/mol. The van der Waals surface area contributed by atoms with E-state index in [4.69, 9.17) is 21.1 Å². The number of amides is 1. The SMILES string of the molecule is CCCN1C(=O)/C(=C\c2ccc(OCc3cccc(Cl)c3)c(OCC)c2)c2ccccc21. The third kappa shape index (κ3) is 4.66. The number of rotatable bonds is 8. The van der Waals surface area contributed by atoms with Gasteiger partial charge in [0.05, 0.1) is 12.3 Å². The predicted octanol–water partition coefficient (Wildman–Crippen LogP) is 6.61. The Morgan fingerprint density at radius 2 is 1.78 bits per heavy atom. The van der Waals surface area contributed by atoms with Crippen molar-refractivity contribution in [3.63, 3.8) is 0 Å². The molecule has 0 N–H and O–H groups in total. The third-order valence-corrected chi connectivity index (χ3v) is 5.50. The molecule has 0 saturated heterocycles. The van der Waals surface area contributed by atoms with Crippen molar-refractivity contribution in [2.75, 3.05) is 18.1 Å². The average molecular weight is 448 g/mol. The fraction of sp³-hybridized carbons (Fsp3) is 0.222. The van der Waals surface area contributed by atoms with Crippen LogP contribution < -0.4 is 14.4 Å². The molecule has 0 fully saturated rings. The lowest BCUT2D eigenvalue weighted by Gasteiger charge is -2.15. The highest BCUT2D eigenvalue weighted by molar-refractivity contribution is 6.35. The van der Waals surface area contributed by atoms with Crippen LogP contribution in [0.2, 0.25) is 5.02 Å². The molecule has 1 aliphatic rings. The number of carbonyl (C=O) groups is 1. The first-order valence-electron chi connectivity index (χ1n) is 10.9. The molecule has 32 heavy (non-hydrogen) atoms. The van der Waals surface area contributed by atoms with Gasteiger partial charge in [0.2, 0.25) is 0 Å². The summed E-state index contributed by atoms with van der Waals surface area (Å²) in [6.45, 7) is 5.62. The molecule has 164 valence electrons. The highest BCUT2D eigenvalue weighted by Gasteiger charge is 2.31. The van der Waals surface area contributed by atoms with Gasteiger partial charge in [-0.15, -0.1) is 0 Å². The van der Waals surface area contributed by atoms with Crippen LogP contribution in [0, 0.1) is 0 Å². The van der Waals surface area contributed by atoms with Gasteiger partial charge in [0.15, 0.2) is 11.5 Å². The van der Waals surface area contributed by atoms with Crippen molar-refractivity contribution in [2.45, 2.75) is 26.9 Å². The molecular formula is C27H26ClNO3. The number of halogens is 1. The maximum atomic E-state index is 13.1. The normalized spacial score (nSPS) is 14.0. The summed E-state index contributed by atoms with van der Waals surface area (Å²) < 4.78 is 11.8. The Bertz CT molecular complexity index is 1160. The summed E-state index contributed by atoms with van der Waals surface area (Å²) in [4.78, 5) is 15.0. The van der Waals surface area contributed by atoms with Gasteiger partial charge in [0.1, 0.15) is 6.61 Å². The van der Waals surface area contributed by atoms with Crippen LogP contribution in [0.3, 0.4) is 0 Å². The van der Waals surface area contributed by atoms with Gasteiger partial charge in [-0.2, -0.15) is 0 Å². The molecule has 0 atom stereocenters. The number of nitrogens with zero attached hydrogens (tertiary/aromatic N) is 1. The molecule has 3 aromatic carbocycles. The van der Waals surface area contributed by atoms with E-state index in [2.05, 4.69) is 6.92 Å². The minimum atomic E-state index is 0.0345. The molecular weight excluding hydrogens is 422 g/mol. The maximum Gasteiger partial charge on any atom is 0.258 e. The molecule has 0 unspecified atom stereocenters. The smallest absolute Gasteiger partial charge is 0.258 e. The van der Waals surface area contributed by atoms with Crippen LogP contribution in [0.5, 0.6) is 11.5 Å². The van der Waals surface area contributed by atoms with Crippen molar-refractivity contribution < 1.29 is 14.3 Å². The minimum Gasteiger partial charge on any atom is -0.490 e. The summed E-state index contributed by atoms with van der Waals surface area (Å²) in [7, 11) is 0. The van der Waals surface area contributed by atoms with E-state index in [9.17, 15) is 4.79 Å². The van der Waals surface area contributed by atoms with Crippen LogP contribution in [-0.4, -0.2) is 19.1 Å². The van der Waals surface area contributed by atoms with E-state index in [-0.39, 0.29) is 5.91 Å². The summed E-state index contributed by atoms with van der Waals surface area (Å²) >= 11 is 6.07. The van der Waals surface area contributed by atoms with Gasteiger partial charge in [-0.05, 0) is 60.9 Å². The maximum absolute atomic E-state index is 13.1. The molecule has 1 aliphatic heterocycles. The van der Waals surface area contributed by atoms with Crippen LogP contribution >= 0.6 is 11.6 Å². The van der Waals surface area contributed by atoms with Crippen molar-refractivity contribution >= 4 is 34.8 Å². The summed E-state index contributed by atoms with van der Waals surface area (Å²) in [5.41, 5.74) is 4.50. The molecule has 1 amide bonds. The molecule has 0 spiro atoms. The van der Waals surface area contributed by atoms with Crippen LogP contribution in [0.15, 0.2) is 66.7 Å². The number of fused-ring (bicyclic) bond motifs is 1. The first-order valence-corrected chi connectivity index (χ1v) is 11.3. The number of hydrogen-bond donors (Lipinski definition) is 0. The fourth-order valence-corrected chi connectivity index (χ4v) is 4.06. The van der Waals surface area contributed by atoms with Crippen LogP contribution in [0.25, 0.3) is 11.6 Å². The second kappa shape index (κ2) is 9.92. The van der Waals surface area contributed by atoms with E-state index >= 15 is 0 Å². The Hall–Kier alpha value is -3.24. The van der Waals surface area contributed by atoms with Gasteiger partial charge >= 0.3 is 0 Å². The summed E-state index contributed by atoms with van der Waals surface area (Å²) in [6, 6.07) is 21.3. The van der Waals surface area contributed by atoms with Crippen LogP contribution in [0.1, 0.15) is 37.0 Å². The first kappa shape index (κ1) is 22.0. The molecule has 0 saturated carbocycles. The lowest BCUT2D eigenvalue weighted by molar-refractivity contribution is -0.113. The van der Waals surface area contributed by atoms with E-state index in [0.29, 0.717) is 41.9 Å². The van der Waals surface area contributed by atoms with Crippen molar-refractivity contribution in [1.29, 1.82) is 0 Å². The van der Waals surface area contributed by atoms with Gasteiger partial charge in [-0.3, -0.25) is 4.79 Å². The van der Waals surface area contributed by atoms with Crippen molar-refractivity contribution in [1.82, 2.24) is 0 Å². The average Bonchev–Trinajstić information content (AvgIpc) is 3.05. The fourth-order valence-electron chi connectivity index (χ4n) is 3.85. The predicted molar refractivity (Wildman–Crippen MR) is 130 cm³/mol. The van der Waals surface area contributed by atoms with Crippen molar-refractivity contribution in [3.8, 4) is 11.5 Å².